The molecule has 0 amide bonds. The zero-order valence-corrected chi connectivity index (χ0v) is 14.3. The molecule has 0 bridgehead atoms. The highest BCUT2D eigenvalue weighted by Gasteiger charge is 2.27. The fourth-order valence-corrected chi connectivity index (χ4v) is 3.66. The number of hydrogen-bond acceptors (Lipinski definition) is 3. The number of ether oxygens (including phenoxy) is 1. The summed E-state index contributed by atoms with van der Waals surface area (Å²) >= 11 is 0. The monoisotopic (exact) mass is 336 g/mol. The van der Waals surface area contributed by atoms with Gasteiger partial charge in [0.1, 0.15) is 5.82 Å². The summed E-state index contributed by atoms with van der Waals surface area (Å²) in [6, 6.07) is 17.3. The van der Waals surface area contributed by atoms with Gasteiger partial charge < -0.3 is 9.64 Å². The number of methoxy groups -OCH3 is 1. The fourth-order valence-electron chi connectivity index (χ4n) is 3.66. The zero-order valence-electron chi connectivity index (χ0n) is 14.3. The average Bonchev–Trinajstić information content (AvgIpc) is 3.10. The van der Waals surface area contributed by atoms with E-state index in [0.29, 0.717) is 12.6 Å². The van der Waals surface area contributed by atoms with Crippen LogP contribution in [0.3, 0.4) is 0 Å². The number of para-hydroxylation sites is 1. The van der Waals surface area contributed by atoms with Crippen LogP contribution in [0.25, 0.3) is 22.2 Å². The maximum absolute atomic E-state index is 13.4. The standard InChI is InChI=1S/C21H21FN2O/c1-25-14-18-6-4-12-24(18)20-13-16-5-2-3-7-19(16)23-21(20)15-8-10-17(22)11-9-15/h2-3,5,7-11,13,18H,4,6,12,14H2,1H3. The molecule has 2 aromatic carbocycles. The van der Waals surface area contributed by atoms with Crippen molar-refractivity contribution in [3.8, 4) is 11.3 Å². The first-order valence-corrected chi connectivity index (χ1v) is 8.67. The van der Waals surface area contributed by atoms with Crippen molar-refractivity contribution in [2.45, 2.75) is 18.9 Å². The maximum Gasteiger partial charge on any atom is 0.123 e. The summed E-state index contributed by atoms with van der Waals surface area (Å²) in [5.41, 5.74) is 3.89. The molecule has 1 aromatic heterocycles. The highest BCUT2D eigenvalue weighted by molar-refractivity contribution is 5.89. The van der Waals surface area contributed by atoms with Crippen LogP contribution in [0.5, 0.6) is 0 Å². The van der Waals surface area contributed by atoms with E-state index in [1.54, 1.807) is 19.2 Å². The Morgan fingerprint density at radius 1 is 1.16 bits per heavy atom. The van der Waals surface area contributed by atoms with Gasteiger partial charge in [-0.15, -0.1) is 0 Å². The molecule has 1 fully saturated rings. The molecule has 0 spiro atoms. The summed E-state index contributed by atoms with van der Waals surface area (Å²) in [7, 11) is 1.75. The number of nitrogens with zero attached hydrogens (tertiary/aromatic N) is 2. The Hall–Kier alpha value is -2.46. The second-order valence-electron chi connectivity index (χ2n) is 6.50. The van der Waals surface area contributed by atoms with E-state index < -0.39 is 0 Å². The van der Waals surface area contributed by atoms with Crippen molar-refractivity contribution in [1.29, 1.82) is 0 Å². The van der Waals surface area contributed by atoms with Crippen molar-refractivity contribution in [3.05, 3.63) is 60.4 Å². The van der Waals surface area contributed by atoms with Crippen LogP contribution in [-0.2, 0) is 4.74 Å². The van der Waals surface area contributed by atoms with Crippen LogP contribution in [-0.4, -0.2) is 31.3 Å². The smallest absolute Gasteiger partial charge is 0.123 e. The number of anilines is 1. The van der Waals surface area contributed by atoms with E-state index in [9.17, 15) is 4.39 Å². The molecule has 3 aromatic rings. The summed E-state index contributed by atoms with van der Waals surface area (Å²) < 4.78 is 18.8. The van der Waals surface area contributed by atoms with Gasteiger partial charge in [0.15, 0.2) is 0 Å². The molecule has 128 valence electrons. The number of rotatable bonds is 4. The summed E-state index contributed by atoms with van der Waals surface area (Å²) in [4.78, 5) is 7.30. The van der Waals surface area contributed by atoms with E-state index in [4.69, 9.17) is 9.72 Å². The molecule has 1 unspecified atom stereocenters. The Bertz CT molecular complexity index is 879. The number of halogens is 1. The maximum atomic E-state index is 13.4. The number of hydrogen-bond donors (Lipinski definition) is 0. The third-order valence-electron chi connectivity index (χ3n) is 4.87. The van der Waals surface area contributed by atoms with Crippen LogP contribution < -0.4 is 4.90 Å². The van der Waals surface area contributed by atoms with E-state index in [1.165, 1.54) is 12.1 Å². The molecule has 2 heterocycles. The highest BCUT2D eigenvalue weighted by atomic mass is 19.1. The lowest BCUT2D eigenvalue weighted by atomic mass is 10.1. The van der Waals surface area contributed by atoms with E-state index in [2.05, 4.69) is 17.0 Å². The Kier molecular flexibility index (Phi) is 4.36. The molecule has 0 aliphatic carbocycles. The first-order chi connectivity index (χ1) is 12.3. The first kappa shape index (κ1) is 16.0. The Morgan fingerprint density at radius 2 is 1.96 bits per heavy atom. The zero-order chi connectivity index (χ0) is 17.2. The van der Waals surface area contributed by atoms with Crippen molar-refractivity contribution >= 4 is 16.6 Å². The van der Waals surface area contributed by atoms with Crippen LogP contribution >= 0.6 is 0 Å². The molecule has 25 heavy (non-hydrogen) atoms. The molecule has 1 aliphatic heterocycles. The molecular weight excluding hydrogens is 315 g/mol. The van der Waals surface area contributed by atoms with Crippen molar-refractivity contribution in [3.63, 3.8) is 0 Å². The molecule has 1 saturated heterocycles. The van der Waals surface area contributed by atoms with Gasteiger partial charge >= 0.3 is 0 Å². The minimum atomic E-state index is -0.232. The van der Waals surface area contributed by atoms with E-state index in [-0.39, 0.29) is 5.82 Å². The molecule has 3 nitrogen and oxygen atoms in total. The Labute approximate surface area is 147 Å². The fraction of sp³-hybridized carbons (Fsp3) is 0.286. The second-order valence-corrected chi connectivity index (χ2v) is 6.50. The number of aromatic nitrogens is 1. The summed E-state index contributed by atoms with van der Waals surface area (Å²) in [6.45, 7) is 1.69. The number of fused-ring (bicyclic) bond motifs is 1. The van der Waals surface area contributed by atoms with Gasteiger partial charge in [-0.1, -0.05) is 18.2 Å². The third-order valence-corrected chi connectivity index (χ3v) is 4.87. The molecule has 0 radical (unpaired) electrons. The minimum Gasteiger partial charge on any atom is -0.383 e. The Morgan fingerprint density at radius 3 is 2.76 bits per heavy atom. The van der Waals surface area contributed by atoms with Crippen LogP contribution in [0.15, 0.2) is 54.6 Å². The van der Waals surface area contributed by atoms with Crippen molar-refractivity contribution in [1.82, 2.24) is 4.98 Å². The SMILES string of the molecule is COCC1CCCN1c1cc2ccccc2nc1-c1ccc(F)cc1. The summed E-state index contributed by atoms with van der Waals surface area (Å²) in [5, 5.41) is 1.12. The van der Waals surface area contributed by atoms with Gasteiger partial charge in [0.05, 0.1) is 29.5 Å². The molecule has 1 aliphatic rings. The molecule has 4 rings (SSSR count). The Balaban J connectivity index is 1.88. The predicted molar refractivity (Wildman–Crippen MR) is 99.4 cm³/mol. The number of benzene rings is 2. The quantitative estimate of drug-likeness (QED) is 0.693. The highest BCUT2D eigenvalue weighted by Crippen LogP contribution is 2.36. The third kappa shape index (κ3) is 3.10. The minimum absolute atomic E-state index is 0.232. The lowest BCUT2D eigenvalue weighted by molar-refractivity contribution is 0.181. The van der Waals surface area contributed by atoms with Crippen molar-refractivity contribution in [2.24, 2.45) is 0 Å². The molecular formula is C21H21FN2O. The lowest BCUT2D eigenvalue weighted by Crippen LogP contribution is -2.33. The molecule has 4 heteroatoms. The summed E-state index contributed by atoms with van der Waals surface area (Å²) in [6.07, 6.45) is 2.26. The topological polar surface area (TPSA) is 25.4 Å². The molecule has 1 atom stereocenters. The van der Waals surface area contributed by atoms with E-state index in [0.717, 1.165) is 47.2 Å². The second kappa shape index (κ2) is 6.81. The van der Waals surface area contributed by atoms with Gasteiger partial charge in [-0.3, -0.25) is 0 Å². The number of pyridine rings is 1. The van der Waals surface area contributed by atoms with Crippen LogP contribution in [0.2, 0.25) is 0 Å². The van der Waals surface area contributed by atoms with Gasteiger partial charge in [-0.05, 0) is 49.2 Å². The van der Waals surface area contributed by atoms with E-state index >= 15 is 0 Å². The normalized spacial score (nSPS) is 17.4. The summed E-state index contributed by atoms with van der Waals surface area (Å²) in [5.74, 6) is -0.232. The van der Waals surface area contributed by atoms with Crippen LogP contribution in [0.4, 0.5) is 10.1 Å². The molecule has 0 saturated carbocycles. The average molecular weight is 336 g/mol. The van der Waals surface area contributed by atoms with Gasteiger partial charge in [0.2, 0.25) is 0 Å². The van der Waals surface area contributed by atoms with Crippen LogP contribution in [0.1, 0.15) is 12.8 Å². The van der Waals surface area contributed by atoms with Gasteiger partial charge in [-0.25, -0.2) is 9.37 Å². The lowest BCUT2D eigenvalue weighted by Gasteiger charge is -2.28. The first-order valence-electron chi connectivity index (χ1n) is 8.67. The van der Waals surface area contributed by atoms with Crippen molar-refractivity contribution in [2.75, 3.05) is 25.2 Å². The van der Waals surface area contributed by atoms with Gasteiger partial charge in [0, 0.05) is 24.6 Å². The van der Waals surface area contributed by atoms with Gasteiger partial charge in [-0.2, -0.15) is 0 Å². The largest absolute Gasteiger partial charge is 0.383 e. The van der Waals surface area contributed by atoms with Crippen molar-refractivity contribution < 1.29 is 9.13 Å². The van der Waals surface area contributed by atoms with Crippen LogP contribution in [0, 0.1) is 5.82 Å². The predicted octanol–water partition coefficient (Wildman–Crippen LogP) is 4.66. The van der Waals surface area contributed by atoms with E-state index in [1.807, 2.05) is 18.2 Å². The van der Waals surface area contributed by atoms with Gasteiger partial charge in [0.25, 0.3) is 0 Å². The molecule has 0 N–H and O–H groups in total.